The second kappa shape index (κ2) is 6.67. The maximum absolute atomic E-state index is 14.6. The molecule has 1 aromatic carbocycles. The van der Waals surface area contributed by atoms with E-state index in [9.17, 15) is 17.6 Å². The van der Waals surface area contributed by atoms with Crippen LogP contribution >= 0.6 is 0 Å². The van der Waals surface area contributed by atoms with Crippen LogP contribution in [0.2, 0.25) is 0 Å². The van der Waals surface area contributed by atoms with Crippen LogP contribution < -0.4 is 9.46 Å². The zero-order valence-electron chi connectivity index (χ0n) is 16.6. The van der Waals surface area contributed by atoms with Crippen molar-refractivity contribution in [2.75, 3.05) is 19.7 Å². The molecule has 4 saturated carbocycles. The average Bonchev–Trinajstić information content (AvgIpc) is 2.96. The zero-order valence-corrected chi connectivity index (χ0v) is 17.4. The molecule has 1 aromatic rings. The molecule has 0 aromatic heterocycles. The Morgan fingerprint density at radius 2 is 1.93 bits per heavy atom. The van der Waals surface area contributed by atoms with Gasteiger partial charge in [-0.2, -0.15) is 12.7 Å². The van der Waals surface area contributed by atoms with Crippen molar-refractivity contribution in [1.29, 1.82) is 0 Å². The third-order valence-electron chi connectivity index (χ3n) is 7.56. The van der Waals surface area contributed by atoms with E-state index in [4.69, 9.17) is 4.74 Å². The van der Waals surface area contributed by atoms with E-state index in [1.54, 1.807) is 6.92 Å². The monoisotopic (exact) mass is 422 g/mol. The first kappa shape index (κ1) is 19.3. The van der Waals surface area contributed by atoms with Gasteiger partial charge in [-0.15, -0.1) is 0 Å². The molecule has 4 bridgehead atoms. The van der Waals surface area contributed by atoms with E-state index in [0.29, 0.717) is 31.0 Å². The third kappa shape index (κ3) is 3.24. The lowest BCUT2D eigenvalue weighted by atomic mass is 9.76. The van der Waals surface area contributed by atoms with Crippen LogP contribution in [0.5, 0.6) is 5.75 Å². The standard InChI is InChI=1S/C21H27FN2O4S/c1-13-5-17(20(25)23-29(26,27)24-3-2-4-24)18(22)9-19(13)28-12-21-10-14-6-15(11-21)8-16(21)7-14/h5,9,14-16H,2-4,6-8,10-12H2,1H3,(H,23,25). The Labute approximate surface area is 171 Å². The lowest BCUT2D eigenvalue weighted by Crippen LogP contribution is -2.49. The molecule has 2 atom stereocenters. The van der Waals surface area contributed by atoms with Crippen LogP contribution in [0.15, 0.2) is 12.1 Å². The summed E-state index contributed by atoms with van der Waals surface area (Å²) >= 11 is 0. The van der Waals surface area contributed by atoms with Gasteiger partial charge in [0, 0.05) is 24.6 Å². The predicted molar refractivity (Wildman–Crippen MR) is 105 cm³/mol. The summed E-state index contributed by atoms with van der Waals surface area (Å²) < 4.78 is 48.0. The van der Waals surface area contributed by atoms with Crippen molar-refractivity contribution in [3.63, 3.8) is 0 Å². The summed E-state index contributed by atoms with van der Waals surface area (Å²) in [5, 5.41) is 0. The molecule has 1 heterocycles. The molecule has 158 valence electrons. The SMILES string of the molecule is Cc1cc(C(=O)NS(=O)(=O)N2CCC2)c(F)cc1OCC12CC3CC(CC1C3)C2. The van der Waals surface area contributed by atoms with E-state index in [2.05, 4.69) is 0 Å². The highest BCUT2D eigenvalue weighted by atomic mass is 32.2. The van der Waals surface area contributed by atoms with Crippen LogP contribution in [0.3, 0.4) is 0 Å². The molecule has 0 radical (unpaired) electrons. The van der Waals surface area contributed by atoms with Gasteiger partial charge >= 0.3 is 10.2 Å². The topological polar surface area (TPSA) is 75.7 Å². The molecule has 1 saturated heterocycles. The largest absolute Gasteiger partial charge is 0.493 e. The minimum Gasteiger partial charge on any atom is -0.493 e. The number of ether oxygens (including phenoxy) is 1. The first-order chi connectivity index (χ1) is 13.8. The molecular formula is C21H27FN2O4S. The Hall–Kier alpha value is -1.67. The molecular weight excluding hydrogens is 395 g/mol. The van der Waals surface area contributed by atoms with Gasteiger partial charge in [-0.1, -0.05) is 0 Å². The number of aryl methyl sites for hydroxylation is 1. The van der Waals surface area contributed by atoms with Gasteiger partial charge in [0.15, 0.2) is 0 Å². The number of carbonyl (C=O) groups is 1. The normalized spacial score (nSPS) is 33.0. The van der Waals surface area contributed by atoms with Crippen LogP contribution in [0.1, 0.15) is 54.4 Å². The van der Waals surface area contributed by atoms with Gasteiger partial charge < -0.3 is 4.74 Å². The quantitative estimate of drug-likeness (QED) is 0.765. The van der Waals surface area contributed by atoms with E-state index in [-0.39, 0.29) is 11.0 Å². The van der Waals surface area contributed by atoms with Crippen LogP contribution in [0.4, 0.5) is 4.39 Å². The van der Waals surface area contributed by atoms with Crippen LogP contribution in [-0.4, -0.2) is 38.3 Å². The van der Waals surface area contributed by atoms with E-state index in [0.717, 1.165) is 28.5 Å². The maximum Gasteiger partial charge on any atom is 0.304 e. The van der Waals surface area contributed by atoms with Gasteiger partial charge in [0.05, 0.1) is 12.2 Å². The van der Waals surface area contributed by atoms with E-state index < -0.39 is 21.9 Å². The van der Waals surface area contributed by atoms with Gasteiger partial charge in [-0.3, -0.25) is 4.79 Å². The number of amides is 1. The number of halogens is 1. The number of nitrogens with one attached hydrogen (secondary N) is 1. The van der Waals surface area contributed by atoms with Gasteiger partial charge in [0.1, 0.15) is 11.6 Å². The minimum atomic E-state index is -3.91. The van der Waals surface area contributed by atoms with E-state index in [1.807, 2.05) is 4.72 Å². The molecule has 6 rings (SSSR count). The van der Waals surface area contributed by atoms with Crippen LogP contribution in [0.25, 0.3) is 0 Å². The highest BCUT2D eigenvalue weighted by Crippen LogP contribution is 2.65. The summed E-state index contributed by atoms with van der Waals surface area (Å²) in [5.41, 5.74) is 0.586. The lowest BCUT2D eigenvalue weighted by Gasteiger charge is -2.32. The van der Waals surface area contributed by atoms with E-state index in [1.165, 1.54) is 44.2 Å². The van der Waals surface area contributed by atoms with Crippen molar-refractivity contribution in [2.24, 2.45) is 23.2 Å². The molecule has 8 heteroatoms. The van der Waals surface area contributed by atoms with Crippen molar-refractivity contribution < 1.29 is 22.3 Å². The Balaban J connectivity index is 1.29. The molecule has 1 N–H and O–H groups in total. The van der Waals surface area contributed by atoms with E-state index >= 15 is 0 Å². The Morgan fingerprint density at radius 3 is 2.55 bits per heavy atom. The molecule has 6 nitrogen and oxygen atoms in total. The van der Waals surface area contributed by atoms with Crippen molar-refractivity contribution in [3.8, 4) is 5.75 Å². The third-order valence-corrected chi connectivity index (χ3v) is 9.05. The summed E-state index contributed by atoms with van der Waals surface area (Å²) in [6, 6.07) is 2.60. The highest BCUT2D eigenvalue weighted by Gasteiger charge is 2.58. The average molecular weight is 423 g/mol. The fourth-order valence-corrected chi connectivity index (χ4v) is 7.39. The van der Waals surface area contributed by atoms with Crippen molar-refractivity contribution in [2.45, 2.75) is 45.4 Å². The molecule has 5 aliphatic rings. The predicted octanol–water partition coefficient (Wildman–Crippen LogP) is 3.02. The first-order valence-corrected chi connectivity index (χ1v) is 11.9. The second-order valence-corrected chi connectivity index (χ2v) is 11.2. The summed E-state index contributed by atoms with van der Waals surface area (Å²) in [6.45, 7) is 3.11. The van der Waals surface area contributed by atoms with Gasteiger partial charge in [0.25, 0.3) is 5.91 Å². The fourth-order valence-electron chi connectivity index (χ4n) is 6.18. The van der Waals surface area contributed by atoms with Crippen LogP contribution in [0, 0.1) is 35.9 Å². The summed E-state index contributed by atoms with van der Waals surface area (Å²) in [7, 11) is -3.91. The summed E-state index contributed by atoms with van der Waals surface area (Å²) in [5.74, 6) is 1.10. The number of hydrogen-bond acceptors (Lipinski definition) is 4. The number of nitrogens with zero attached hydrogens (tertiary/aromatic N) is 1. The first-order valence-electron chi connectivity index (χ1n) is 10.5. The van der Waals surface area contributed by atoms with Gasteiger partial charge in [0.2, 0.25) is 0 Å². The number of hydrogen-bond donors (Lipinski definition) is 1. The Morgan fingerprint density at radius 1 is 1.24 bits per heavy atom. The molecule has 29 heavy (non-hydrogen) atoms. The fraction of sp³-hybridized carbons (Fsp3) is 0.667. The molecule has 2 unspecified atom stereocenters. The number of carbonyl (C=O) groups excluding carboxylic acids is 1. The second-order valence-electron chi connectivity index (χ2n) is 9.48. The molecule has 4 aliphatic carbocycles. The molecule has 5 fully saturated rings. The Kier molecular flexibility index (Phi) is 4.44. The lowest BCUT2D eigenvalue weighted by molar-refractivity contribution is 0.0971. The number of rotatable bonds is 6. The van der Waals surface area contributed by atoms with Crippen LogP contribution in [-0.2, 0) is 10.2 Å². The van der Waals surface area contributed by atoms with Crippen molar-refractivity contribution in [3.05, 3.63) is 29.1 Å². The van der Waals surface area contributed by atoms with Crippen molar-refractivity contribution in [1.82, 2.24) is 9.03 Å². The molecule has 1 aliphatic heterocycles. The minimum absolute atomic E-state index is 0.234. The number of benzene rings is 1. The summed E-state index contributed by atoms with van der Waals surface area (Å²) in [4.78, 5) is 12.3. The van der Waals surface area contributed by atoms with Crippen molar-refractivity contribution >= 4 is 16.1 Å². The molecule has 0 spiro atoms. The highest BCUT2D eigenvalue weighted by molar-refractivity contribution is 7.87. The summed E-state index contributed by atoms with van der Waals surface area (Å²) in [6.07, 6.45) is 7.15. The smallest absolute Gasteiger partial charge is 0.304 e. The van der Waals surface area contributed by atoms with Gasteiger partial charge in [-0.25, -0.2) is 9.11 Å². The zero-order chi connectivity index (χ0) is 20.4. The Bertz CT molecular complexity index is 946. The maximum atomic E-state index is 14.6. The van der Waals surface area contributed by atoms with Gasteiger partial charge in [-0.05, 0) is 74.8 Å². The molecule has 1 amide bonds.